The van der Waals surface area contributed by atoms with Gasteiger partial charge < -0.3 is 10.5 Å². The molecule has 0 aromatic heterocycles. The quantitative estimate of drug-likeness (QED) is 0.637. The molecule has 2 nitrogen and oxygen atoms in total. The van der Waals surface area contributed by atoms with Crippen molar-refractivity contribution in [2.75, 3.05) is 12.3 Å². The van der Waals surface area contributed by atoms with E-state index in [-0.39, 0.29) is 0 Å². The summed E-state index contributed by atoms with van der Waals surface area (Å²) in [6.07, 6.45) is 2.03. The van der Waals surface area contributed by atoms with E-state index in [0.29, 0.717) is 6.61 Å². The van der Waals surface area contributed by atoms with Crippen molar-refractivity contribution >= 4 is 17.3 Å². The lowest BCUT2D eigenvalue weighted by molar-refractivity contribution is 0.118. The maximum Gasteiger partial charge on any atom is 0.0716 e. The minimum atomic E-state index is 0.638. The van der Waals surface area contributed by atoms with Crippen LogP contribution in [0.15, 0.2) is 48.5 Å². The zero-order chi connectivity index (χ0) is 13.5. The van der Waals surface area contributed by atoms with Gasteiger partial charge in [-0.05, 0) is 48.2 Å². The Hall–Kier alpha value is -1.51. The lowest BCUT2D eigenvalue weighted by Crippen LogP contribution is -1.97. The van der Waals surface area contributed by atoms with Gasteiger partial charge in [-0.25, -0.2) is 0 Å². The van der Waals surface area contributed by atoms with Gasteiger partial charge in [-0.15, -0.1) is 0 Å². The molecule has 2 aromatic rings. The van der Waals surface area contributed by atoms with Gasteiger partial charge in [0.15, 0.2) is 0 Å². The fourth-order valence-corrected chi connectivity index (χ4v) is 1.96. The molecule has 0 amide bonds. The molecule has 0 heterocycles. The van der Waals surface area contributed by atoms with Gasteiger partial charge in [-0.2, -0.15) is 0 Å². The van der Waals surface area contributed by atoms with Crippen LogP contribution in [0, 0.1) is 0 Å². The predicted octanol–water partition coefficient (Wildman–Crippen LogP) is 4.07. The molecule has 0 saturated carbocycles. The molecule has 0 aliphatic carbocycles. The summed E-state index contributed by atoms with van der Waals surface area (Å²) in [7, 11) is 0. The number of nitrogen functional groups attached to an aromatic ring is 1. The second-order valence-electron chi connectivity index (χ2n) is 4.52. The molecule has 19 heavy (non-hydrogen) atoms. The maximum atomic E-state index is 5.82. The number of ether oxygens (including phenoxy) is 1. The van der Waals surface area contributed by atoms with E-state index in [1.54, 1.807) is 0 Å². The predicted molar refractivity (Wildman–Crippen MR) is 80.3 cm³/mol. The van der Waals surface area contributed by atoms with Crippen LogP contribution >= 0.6 is 11.6 Å². The van der Waals surface area contributed by atoms with Crippen LogP contribution in [0.1, 0.15) is 17.5 Å². The van der Waals surface area contributed by atoms with E-state index >= 15 is 0 Å². The number of hydrogen-bond donors (Lipinski definition) is 1. The van der Waals surface area contributed by atoms with Gasteiger partial charge in [0.05, 0.1) is 6.61 Å². The Bertz CT molecular complexity index is 446. The second kappa shape index (κ2) is 7.17. The molecule has 0 unspecified atom stereocenters. The van der Waals surface area contributed by atoms with Gasteiger partial charge in [0.1, 0.15) is 0 Å². The normalized spacial score (nSPS) is 10.6. The molecular weight excluding hydrogens is 258 g/mol. The van der Waals surface area contributed by atoms with E-state index in [1.165, 1.54) is 5.56 Å². The topological polar surface area (TPSA) is 35.2 Å². The Kier molecular flexibility index (Phi) is 5.25. The van der Waals surface area contributed by atoms with Gasteiger partial charge in [-0.1, -0.05) is 35.9 Å². The molecule has 0 fully saturated rings. The van der Waals surface area contributed by atoms with Crippen molar-refractivity contribution in [2.24, 2.45) is 0 Å². The zero-order valence-electron chi connectivity index (χ0n) is 10.8. The van der Waals surface area contributed by atoms with Crippen LogP contribution in [-0.4, -0.2) is 6.61 Å². The summed E-state index contributed by atoms with van der Waals surface area (Å²) in [5.74, 6) is 0. The van der Waals surface area contributed by atoms with E-state index in [9.17, 15) is 0 Å². The SMILES string of the molecule is Nc1ccc(CCCOCc2ccc(Cl)cc2)cc1. The molecule has 0 radical (unpaired) electrons. The number of halogens is 1. The molecule has 2 aromatic carbocycles. The Morgan fingerprint density at radius 2 is 1.53 bits per heavy atom. The third kappa shape index (κ3) is 4.93. The molecular formula is C16H18ClNO. The highest BCUT2D eigenvalue weighted by Crippen LogP contribution is 2.11. The zero-order valence-corrected chi connectivity index (χ0v) is 11.6. The number of hydrogen-bond acceptors (Lipinski definition) is 2. The molecule has 0 saturated heterocycles. The first-order chi connectivity index (χ1) is 9.24. The Labute approximate surface area is 119 Å². The minimum Gasteiger partial charge on any atom is -0.399 e. The summed E-state index contributed by atoms with van der Waals surface area (Å²) in [5, 5.41) is 0.757. The van der Waals surface area contributed by atoms with Crippen molar-refractivity contribution in [1.82, 2.24) is 0 Å². The van der Waals surface area contributed by atoms with Gasteiger partial charge >= 0.3 is 0 Å². The molecule has 0 atom stereocenters. The highest BCUT2D eigenvalue weighted by Gasteiger charge is 1.96. The lowest BCUT2D eigenvalue weighted by Gasteiger charge is -2.05. The van der Waals surface area contributed by atoms with Gasteiger partial charge in [-0.3, -0.25) is 0 Å². The third-order valence-electron chi connectivity index (χ3n) is 2.92. The maximum absolute atomic E-state index is 5.82. The summed E-state index contributed by atoms with van der Waals surface area (Å²) in [6.45, 7) is 1.39. The molecule has 0 aliphatic rings. The number of aryl methyl sites for hydroxylation is 1. The Morgan fingerprint density at radius 1 is 0.895 bits per heavy atom. The largest absolute Gasteiger partial charge is 0.399 e. The number of nitrogens with two attached hydrogens (primary N) is 1. The first-order valence-corrected chi connectivity index (χ1v) is 6.78. The van der Waals surface area contributed by atoms with E-state index < -0.39 is 0 Å². The highest BCUT2D eigenvalue weighted by molar-refractivity contribution is 6.30. The van der Waals surface area contributed by atoms with Crippen LogP contribution < -0.4 is 5.73 Å². The highest BCUT2D eigenvalue weighted by atomic mass is 35.5. The summed E-state index contributed by atoms with van der Waals surface area (Å²) < 4.78 is 5.64. The molecule has 3 heteroatoms. The molecule has 0 spiro atoms. The van der Waals surface area contributed by atoms with Crippen LogP contribution in [0.3, 0.4) is 0 Å². The molecule has 2 N–H and O–H groups in total. The molecule has 0 aliphatic heterocycles. The summed E-state index contributed by atoms with van der Waals surface area (Å²) >= 11 is 5.82. The van der Waals surface area contributed by atoms with Crippen LogP contribution in [0.25, 0.3) is 0 Å². The van der Waals surface area contributed by atoms with Crippen molar-refractivity contribution in [3.8, 4) is 0 Å². The van der Waals surface area contributed by atoms with Crippen molar-refractivity contribution in [1.29, 1.82) is 0 Å². The van der Waals surface area contributed by atoms with Crippen molar-refractivity contribution in [3.05, 3.63) is 64.7 Å². The Morgan fingerprint density at radius 3 is 2.21 bits per heavy atom. The summed E-state index contributed by atoms with van der Waals surface area (Å²) in [4.78, 5) is 0. The van der Waals surface area contributed by atoms with E-state index in [4.69, 9.17) is 22.1 Å². The first kappa shape index (κ1) is 13.9. The average Bonchev–Trinajstić information content (AvgIpc) is 2.43. The molecule has 100 valence electrons. The van der Waals surface area contributed by atoms with Gasteiger partial charge in [0.2, 0.25) is 0 Å². The van der Waals surface area contributed by atoms with E-state index in [1.807, 2.05) is 36.4 Å². The van der Waals surface area contributed by atoms with Crippen LogP contribution in [0.5, 0.6) is 0 Å². The van der Waals surface area contributed by atoms with E-state index in [2.05, 4.69) is 12.1 Å². The van der Waals surface area contributed by atoms with Crippen molar-refractivity contribution in [3.63, 3.8) is 0 Å². The van der Waals surface area contributed by atoms with Crippen molar-refractivity contribution < 1.29 is 4.74 Å². The standard InChI is InChI=1S/C16H18ClNO/c17-15-7-3-14(4-8-15)12-19-11-1-2-13-5-9-16(18)10-6-13/h3-10H,1-2,11-12,18H2. The minimum absolute atomic E-state index is 0.638. The smallest absolute Gasteiger partial charge is 0.0716 e. The van der Waals surface area contributed by atoms with Crippen LogP contribution in [0.4, 0.5) is 5.69 Å². The first-order valence-electron chi connectivity index (χ1n) is 6.40. The fourth-order valence-electron chi connectivity index (χ4n) is 1.83. The summed E-state index contributed by atoms with van der Waals surface area (Å²) in [6, 6.07) is 15.7. The van der Waals surface area contributed by atoms with E-state index in [0.717, 1.165) is 35.7 Å². The average molecular weight is 276 g/mol. The number of anilines is 1. The number of benzene rings is 2. The fraction of sp³-hybridized carbons (Fsp3) is 0.250. The van der Waals surface area contributed by atoms with Crippen molar-refractivity contribution in [2.45, 2.75) is 19.4 Å². The van der Waals surface area contributed by atoms with Crippen LogP contribution in [0.2, 0.25) is 5.02 Å². The summed E-state index contributed by atoms with van der Waals surface area (Å²) in [5.41, 5.74) is 8.90. The van der Waals surface area contributed by atoms with Crippen LogP contribution in [-0.2, 0) is 17.8 Å². The Balaban J connectivity index is 1.64. The molecule has 2 rings (SSSR count). The molecule has 0 bridgehead atoms. The monoisotopic (exact) mass is 275 g/mol. The lowest BCUT2D eigenvalue weighted by atomic mass is 10.1. The van der Waals surface area contributed by atoms with Gasteiger partial charge in [0, 0.05) is 17.3 Å². The second-order valence-corrected chi connectivity index (χ2v) is 4.96. The third-order valence-corrected chi connectivity index (χ3v) is 3.17. The number of rotatable bonds is 6. The van der Waals surface area contributed by atoms with Gasteiger partial charge in [0.25, 0.3) is 0 Å².